The number of aliphatic hydroxyl groups is 1. The van der Waals surface area contributed by atoms with Gasteiger partial charge in [0.2, 0.25) is 0 Å². The molecule has 25 heavy (non-hydrogen) atoms. The molecule has 0 atom stereocenters. The molecule has 0 bridgehead atoms. The van der Waals surface area contributed by atoms with Crippen LogP contribution >= 0.6 is 0 Å². The minimum absolute atomic E-state index is 0.103. The number of hydrogen-bond acceptors (Lipinski definition) is 5. The number of nitrogens with zero attached hydrogens (tertiary/aromatic N) is 3. The zero-order valence-corrected chi connectivity index (χ0v) is 13.9. The first-order valence-corrected chi connectivity index (χ1v) is 8.00. The van der Waals surface area contributed by atoms with Crippen LogP contribution < -0.4 is 0 Å². The highest BCUT2D eigenvalue weighted by Gasteiger charge is 2.40. The van der Waals surface area contributed by atoms with Crippen LogP contribution in [0, 0.1) is 0 Å². The van der Waals surface area contributed by atoms with Gasteiger partial charge < -0.3 is 10.0 Å². The van der Waals surface area contributed by atoms with Crippen molar-refractivity contribution in [3.63, 3.8) is 0 Å². The fourth-order valence-electron chi connectivity index (χ4n) is 2.86. The molecule has 2 aromatic rings. The summed E-state index contributed by atoms with van der Waals surface area (Å²) in [6.45, 7) is 0.356. The van der Waals surface area contributed by atoms with E-state index in [0.717, 1.165) is 5.56 Å². The SMILES string of the molecule is CN(CCO)C1=C(c2ccccc2)C(=O)N(Cc2ccncc2)C1=O. The fraction of sp³-hybridized carbons (Fsp3) is 0.211. The van der Waals surface area contributed by atoms with Gasteiger partial charge in [-0.3, -0.25) is 19.5 Å². The Labute approximate surface area is 146 Å². The van der Waals surface area contributed by atoms with E-state index in [1.165, 1.54) is 4.90 Å². The highest BCUT2D eigenvalue weighted by atomic mass is 16.3. The smallest absolute Gasteiger partial charge is 0.278 e. The normalized spacial score (nSPS) is 14.4. The lowest BCUT2D eigenvalue weighted by Gasteiger charge is -2.20. The standard InChI is InChI=1S/C19H19N3O3/c1-21(11-12-23)17-16(15-5-3-2-4-6-15)18(24)22(19(17)25)13-14-7-9-20-10-8-14/h2-10,23H,11-13H2,1H3. The zero-order chi connectivity index (χ0) is 17.8. The molecule has 0 radical (unpaired) electrons. The van der Waals surface area contributed by atoms with Gasteiger partial charge in [-0.05, 0) is 23.3 Å². The molecule has 0 fully saturated rings. The number of likely N-dealkylation sites (N-methyl/N-ethyl adjacent to an activating group) is 1. The van der Waals surface area contributed by atoms with Crippen molar-refractivity contribution in [2.45, 2.75) is 6.54 Å². The lowest BCUT2D eigenvalue weighted by molar-refractivity contribution is -0.138. The Morgan fingerprint density at radius 2 is 1.72 bits per heavy atom. The van der Waals surface area contributed by atoms with Crippen molar-refractivity contribution in [3.8, 4) is 0 Å². The van der Waals surface area contributed by atoms with Gasteiger partial charge >= 0.3 is 0 Å². The monoisotopic (exact) mass is 337 g/mol. The number of imide groups is 1. The molecule has 2 heterocycles. The molecule has 3 rings (SSSR count). The second kappa shape index (κ2) is 7.27. The summed E-state index contributed by atoms with van der Waals surface area (Å²) in [7, 11) is 1.70. The maximum Gasteiger partial charge on any atom is 0.278 e. The topological polar surface area (TPSA) is 73.7 Å². The van der Waals surface area contributed by atoms with Gasteiger partial charge in [0.25, 0.3) is 11.8 Å². The average Bonchev–Trinajstić information content (AvgIpc) is 2.88. The second-order valence-corrected chi connectivity index (χ2v) is 5.79. The van der Waals surface area contributed by atoms with Crippen molar-refractivity contribution in [2.75, 3.05) is 20.2 Å². The predicted octanol–water partition coefficient (Wildman–Crippen LogP) is 1.29. The van der Waals surface area contributed by atoms with E-state index in [0.29, 0.717) is 16.8 Å². The predicted molar refractivity (Wildman–Crippen MR) is 92.9 cm³/mol. The van der Waals surface area contributed by atoms with Gasteiger partial charge in [-0.1, -0.05) is 30.3 Å². The lowest BCUT2D eigenvalue weighted by Crippen LogP contribution is -2.34. The van der Waals surface area contributed by atoms with Gasteiger partial charge in [0, 0.05) is 26.0 Å². The Hall–Kier alpha value is -2.99. The summed E-state index contributed by atoms with van der Waals surface area (Å²) in [6.07, 6.45) is 3.26. The lowest BCUT2D eigenvalue weighted by atomic mass is 10.0. The van der Waals surface area contributed by atoms with Gasteiger partial charge in [-0.25, -0.2) is 0 Å². The summed E-state index contributed by atoms with van der Waals surface area (Å²) in [4.78, 5) is 32.7. The van der Waals surface area contributed by atoms with Gasteiger partial charge in [0.15, 0.2) is 0 Å². The van der Waals surface area contributed by atoms with Crippen LogP contribution in [0.2, 0.25) is 0 Å². The summed E-state index contributed by atoms with van der Waals surface area (Å²) < 4.78 is 0. The number of hydrogen-bond donors (Lipinski definition) is 1. The number of carbonyl (C=O) groups excluding carboxylic acids is 2. The number of aliphatic hydroxyl groups excluding tert-OH is 1. The van der Waals surface area contributed by atoms with E-state index < -0.39 is 0 Å². The fourth-order valence-corrected chi connectivity index (χ4v) is 2.86. The van der Waals surface area contributed by atoms with E-state index in [-0.39, 0.29) is 31.5 Å². The van der Waals surface area contributed by atoms with Crippen molar-refractivity contribution in [2.24, 2.45) is 0 Å². The third-order valence-corrected chi connectivity index (χ3v) is 4.11. The van der Waals surface area contributed by atoms with Crippen molar-refractivity contribution in [3.05, 3.63) is 71.7 Å². The molecule has 0 spiro atoms. The Morgan fingerprint density at radius 3 is 2.36 bits per heavy atom. The van der Waals surface area contributed by atoms with Crippen molar-refractivity contribution in [1.82, 2.24) is 14.8 Å². The molecule has 1 aromatic carbocycles. The Bertz CT molecular complexity index is 803. The van der Waals surface area contributed by atoms with Gasteiger partial charge in [-0.15, -0.1) is 0 Å². The van der Waals surface area contributed by atoms with E-state index in [1.807, 2.05) is 30.3 Å². The molecule has 0 aliphatic carbocycles. The van der Waals surface area contributed by atoms with Crippen molar-refractivity contribution in [1.29, 1.82) is 0 Å². The van der Waals surface area contributed by atoms with Gasteiger partial charge in [0.1, 0.15) is 5.70 Å². The summed E-state index contributed by atoms with van der Waals surface area (Å²) in [5.74, 6) is -0.676. The summed E-state index contributed by atoms with van der Waals surface area (Å²) >= 11 is 0. The van der Waals surface area contributed by atoms with Crippen LogP contribution in [0.25, 0.3) is 5.57 Å². The molecule has 1 N–H and O–H groups in total. The van der Waals surface area contributed by atoms with E-state index in [4.69, 9.17) is 0 Å². The van der Waals surface area contributed by atoms with Gasteiger partial charge in [-0.2, -0.15) is 0 Å². The first-order chi connectivity index (χ1) is 12.1. The van der Waals surface area contributed by atoms with Crippen molar-refractivity contribution < 1.29 is 14.7 Å². The van der Waals surface area contributed by atoms with Crippen molar-refractivity contribution >= 4 is 17.4 Å². The van der Waals surface area contributed by atoms with E-state index in [1.54, 1.807) is 36.5 Å². The van der Waals surface area contributed by atoms with Crippen LogP contribution in [0.1, 0.15) is 11.1 Å². The molecule has 1 aliphatic heterocycles. The summed E-state index contributed by atoms with van der Waals surface area (Å²) in [6, 6.07) is 12.7. The maximum absolute atomic E-state index is 13.0. The summed E-state index contributed by atoms with van der Waals surface area (Å²) in [5.41, 5.74) is 2.21. The Kier molecular flexibility index (Phi) is 4.90. The molecule has 0 saturated carbocycles. The first-order valence-electron chi connectivity index (χ1n) is 8.00. The molecular weight excluding hydrogens is 318 g/mol. The highest BCUT2D eigenvalue weighted by Crippen LogP contribution is 2.31. The number of pyridine rings is 1. The number of rotatable bonds is 6. The number of amides is 2. The van der Waals surface area contributed by atoms with E-state index in [9.17, 15) is 14.7 Å². The molecule has 6 nitrogen and oxygen atoms in total. The maximum atomic E-state index is 13.0. The second-order valence-electron chi connectivity index (χ2n) is 5.79. The van der Waals surface area contributed by atoms with E-state index >= 15 is 0 Å². The minimum Gasteiger partial charge on any atom is -0.395 e. The summed E-state index contributed by atoms with van der Waals surface area (Å²) in [5, 5.41) is 9.23. The van der Waals surface area contributed by atoms with E-state index in [2.05, 4.69) is 4.98 Å². The number of benzene rings is 1. The third kappa shape index (κ3) is 3.29. The largest absolute Gasteiger partial charge is 0.395 e. The number of aromatic nitrogens is 1. The van der Waals surface area contributed by atoms with Gasteiger partial charge in [0.05, 0.1) is 18.7 Å². The highest BCUT2D eigenvalue weighted by molar-refractivity contribution is 6.35. The van der Waals surface area contributed by atoms with Crippen LogP contribution in [-0.4, -0.2) is 51.9 Å². The Balaban J connectivity index is 2.00. The quantitative estimate of drug-likeness (QED) is 0.804. The molecule has 2 amide bonds. The average molecular weight is 337 g/mol. The zero-order valence-electron chi connectivity index (χ0n) is 13.9. The molecule has 0 saturated heterocycles. The molecule has 128 valence electrons. The van der Waals surface area contributed by atoms with Crippen LogP contribution in [0.3, 0.4) is 0 Å². The third-order valence-electron chi connectivity index (χ3n) is 4.11. The van der Waals surface area contributed by atoms with Crippen LogP contribution in [0.15, 0.2) is 60.6 Å². The molecule has 6 heteroatoms. The first kappa shape index (κ1) is 16.9. The number of carbonyl (C=O) groups is 2. The molecule has 0 unspecified atom stereocenters. The molecular formula is C19H19N3O3. The van der Waals surface area contributed by atoms with Crippen LogP contribution in [0.4, 0.5) is 0 Å². The van der Waals surface area contributed by atoms with Crippen LogP contribution in [0.5, 0.6) is 0 Å². The molecule has 1 aliphatic rings. The van der Waals surface area contributed by atoms with Crippen LogP contribution in [-0.2, 0) is 16.1 Å². The molecule has 1 aromatic heterocycles. The Morgan fingerprint density at radius 1 is 1.04 bits per heavy atom. The minimum atomic E-state index is -0.350.